The number of nitrogen functional groups attached to an aromatic ring is 1. The van der Waals surface area contributed by atoms with E-state index in [1.807, 2.05) is 6.92 Å². The number of nitro groups is 3. The van der Waals surface area contributed by atoms with Crippen LogP contribution in [0.3, 0.4) is 0 Å². The molecular weight excluding hydrogens is 1410 g/mol. The van der Waals surface area contributed by atoms with Crippen LogP contribution in [0.15, 0.2) is 68.0 Å². The number of fused-ring (bicyclic) bond motifs is 1. The van der Waals surface area contributed by atoms with Crippen LogP contribution in [0.25, 0.3) is 0 Å². The molecule has 22 nitrogen and oxygen atoms in total. The first kappa shape index (κ1) is 69.9. The number of aliphatic carboxylic acids is 2. The maximum atomic E-state index is 13.5. The Labute approximate surface area is 481 Å². The van der Waals surface area contributed by atoms with Crippen molar-refractivity contribution in [1.82, 2.24) is 7.85 Å². The quantitative estimate of drug-likeness (QED) is 0.0132. The second kappa shape index (κ2) is 31.8. The van der Waals surface area contributed by atoms with Gasteiger partial charge in [0.2, 0.25) is 17.5 Å². The van der Waals surface area contributed by atoms with Gasteiger partial charge in [-0.25, -0.2) is 13.1 Å². The molecule has 0 radical (unpaired) electrons. The van der Waals surface area contributed by atoms with Crippen LogP contribution in [0.2, 0.25) is 5.02 Å². The summed E-state index contributed by atoms with van der Waals surface area (Å²) >= 11 is 20.5. The van der Waals surface area contributed by atoms with E-state index in [0.29, 0.717) is 22.1 Å². The van der Waals surface area contributed by atoms with Gasteiger partial charge in [-0.3, -0.25) is 49.5 Å². The summed E-state index contributed by atoms with van der Waals surface area (Å²) in [7, 11) is 0. The smallest absolute Gasteiger partial charge is 0.348 e. The largest absolute Gasteiger partial charge is 0.481 e. The summed E-state index contributed by atoms with van der Waals surface area (Å²) in [4.78, 5) is 82.7. The molecule has 33 heteroatoms. The Morgan fingerprint density at radius 1 is 0.827 bits per heavy atom. The summed E-state index contributed by atoms with van der Waals surface area (Å²) in [5.41, 5.74) is 8.35. The number of ketones is 1. The van der Waals surface area contributed by atoms with Crippen LogP contribution in [-0.2, 0) is 42.7 Å². The molecule has 1 saturated heterocycles. The fourth-order valence-electron chi connectivity index (χ4n) is 5.66. The Kier molecular flexibility index (Phi) is 29.7. The summed E-state index contributed by atoms with van der Waals surface area (Å²) in [5.74, 6) is -5.25. The molecule has 6 rings (SSSR count). The number of nitrogens with two attached hydrogens (primary N) is 2. The molecule has 412 valence electrons. The van der Waals surface area contributed by atoms with Crippen molar-refractivity contribution in [3.8, 4) is 0 Å². The molecule has 2 aliphatic heterocycles. The summed E-state index contributed by atoms with van der Waals surface area (Å²) in [5, 5.41) is 53.3. The molecule has 8 N–H and O–H groups in total. The van der Waals surface area contributed by atoms with Crippen molar-refractivity contribution in [3.63, 3.8) is 0 Å². The molecule has 0 spiro atoms. The van der Waals surface area contributed by atoms with Gasteiger partial charge in [-0.15, -0.1) is 0 Å². The number of halogens is 10. The molecule has 0 aromatic heterocycles. The number of urea groups is 1. The predicted octanol–water partition coefficient (Wildman–Crippen LogP) is 11.6. The van der Waals surface area contributed by atoms with Crippen molar-refractivity contribution in [1.29, 1.82) is 0 Å². The average molecular weight is 1450 g/mol. The zero-order chi connectivity index (χ0) is 57.3. The Morgan fingerprint density at radius 2 is 1.32 bits per heavy atom. The van der Waals surface area contributed by atoms with E-state index in [1.54, 1.807) is 26.8 Å². The molecule has 0 aliphatic carbocycles. The molecule has 75 heavy (non-hydrogen) atoms. The van der Waals surface area contributed by atoms with Gasteiger partial charge in [0, 0.05) is 62.5 Å². The van der Waals surface area contributed by atoms with E-state index in [2.05, 4.69) is 90.7 Å². The predicted molar refractivity (Wildman–Crippen MR) is 282 cm³/mol. The molecule has 2 heterocycles. The zero-order valence-electron chi connectivity index (χ0n) is 39.2. The molecule has 3 atom stereocenters. The molecule has 2 aliphatic rings. The maximum absolute atomic E-state index is 13.5. The Hall–Kier alpha value is -5.08. The number of benzene rings is 4. The second-order valence-electron chi connectivity index (χ2n) is 15.7. The Bertz CT molecular complexity index is 2760. The first-order valence-electron chi connectivity index (χ1n) is 20.4. The number of nitro benzene ring substituents is 3. The van der Waals surface area contributed by atoms with Crippen molar-refractivity contribution < 1.29 is 83.6 Å². The summed E-state index contributed by atoms with van der Waals surface area (Å²) in [6.45, 7) is 8.43. The van der Waals surface area contributed by atoms with E-state index >= 15 is 0 Å². The standard InChI is InChI=1S/C11H11BrFNO.C10H10BrFN2O4.C6H2BrClFNO2.C6H5FN2O2.C5H6Br2N2O2.C4H9NO2.Fe/c1-6-4-7(15)5-8-10(13)3-2-9(12)11(8)14-6;1-5(4-8(15)16)13-9-6(11)2-3-7(12)10(9)14(17)18;7-3-1-2-4(8)6(5(3)9)10(11)12;7-4-2-1-3-5(8)6(4)9(10)11;1-5(2)3(10)8(6)4(11)9(5)7;1-3(5)2-4(6)7;/h2-3,6,14H,4-5H2,1H3;2-3,5,13H,4H2,1H3,(H,15,16);1-2H;1-3H,8H2;1-2H3;3H,2,5H2,1H3,(H,6,7);/t6-;5-;;;;3-;/m11...1./s1. The number of rotatable bonds is 9. The monoisotopic (exact) mass is 1440 g/mol. The number of para-hydroxylation sites is 1. The number of nitrogens with one attached hydrogen (secondary N) is 2. The molecule has 0 bridgehead atoms. The van der Waals surface area contributed by atoms with Crippen LogP contribution in [0.1, 0.15) is 59.4 Å². The van der Waals surface area contributed by atoms with Gasteiger partial charge in [0.15, 0.2) is 0 Å². The van der Waals surface area contributed by atoms with E-state index in [-0.39, 0.29) is 86.8 Å². The van der Waals surface area contributed by atoms with E-state index in [9.17, 15) is 71.9 Å². The molecule has 0 saturated carbocycles. The van der Waals surface area contributed by atoms with Gasteiger partial charge in [-0.05, 0) is 131 Å². The van der Waals surface area contributed by atoms with Gasteiger partial charge < -0.3 is 32.3 Å². The first-order valence-corrected chi connectivity index (χ1v) is 24.6. The van der Waals surface area contributed by atoms with Crippen LogP contribution in [0, 0.1) is 53.6 Å². The van der Waals surface area contributed by atoms with E-state index in [1.165, 1.54) is 47.2 Å². The van der Waals surface area contributed by atoms with Crippen LogP contribution < -0.4 is 22.1 Å². The fraction of sp³-hybridized carbons (Fsp3) is 0.310. The molecule has 4 aromatic carbocycles. The van der Waals surface area contributed by atoms with Gasteiger partial charge in [0.25, 0.3) is 5.91 Å². The van der Waals surface area contributed by atoms with Crippen molar-refractivity contribution >= 4 is 155 Å². The maximum Gasteiger partial charge on any atom is 0.348 e. The molecule has 0 unspecified atom stereocenters. The van der Waals surface area contributed by atoms with E-state index in [4.69, 9.17) is 33.3 Å². The number of carbonyl (C=O) groups is 5. The van der Waals surface area contributed by atoms with E-state index < -0.39 is 78.8 Å². The van der Waals surface area contributed by atoms with Crippen LogP contribution in [-0.4, -0.2) is 86.2 Å². The normalized spacial score (nSPS) is 14.6. The van der Waals surface area contributed by atoms with Crippen molar-refractivity contribution in [3.05, 3.63) is 132 Å². The van der Waals surface area contributed by atoms with Gasteiger partial charge >= 0.3 is 35.0 Å². The third-order valence-electron chi connectivity index (χ3n) is 9.06. The number of imide groups is 1. The minimum atomic E-state index is -1.05. The van der Waals surface area contributed by atoms with Crippen molar-refractivity contribution in [2.75, 3.05) is 16.4 Å². The number of carboxylic acids is 2. The third kappa shape index (κ3) is 21.5. The molecular formula is C42H43Br5ClF4FeN9O13. The summed E-state index contributed by atoms with van der Waals surface area (Å²) in [6.07, 6.45) is 0.443. The number of carboxylic acid groups (broad SMARTS) is 2. The molecule has 1 fully saturated rings. The summed E-state index contributed by atoms with van der Waals surface area (Å²) in [6, 6.07) is 10.3. The number of nitrogens with zero attached hydrogens (tertiary/aromatic N) is 5. The second-order valence-corrected chi connectivity index (χ2v) is 20.1. The van der Waals surface area contributed by atoms with Crippen LogP contribution in [0.5, 0.6) is 0 Å². The number of carbonyl (C=O) groups excluding carboxylic acids is 3. The average Bonchev–Trinajstić information content (AvgIpc) is 3.36. The van der Waals surface area contributed by atoms with Crippen molar-refractivity contribution in [2.24, 2.45) is 5.73 Å². The minimum absolute atomic E-state index is 0. The minimum Gasteiger partial charge on any atom is -0.481 e. The topological polar surface area (TPSA) is 338 Å². The van der Waals surface area contributed by atoms with Gasteiger partial charge in [-0.2, -0.15) is 17.1 Å². The molecule has 4 aromatic rings. The zero-order valence-corrected chi connectivity index (χ0v) is 49.0. The Morgan fingerprint density at radius 3 is 1.72 bits per heavy atom. The van der Waals surface area contributed by atoms with Gasteiger partial charge in [0.1, 0.15) is 33.5 Å². The van der Waals surface area contributed by atoms with E-state index in [0.717, 1.165) is 20.5 Å². The first-order chi connectivity index (χ1) is 34.1. The van der Waals surface area contributed by atoms with Crippen LogP contribution in [0.4, 0.5) is 56.5 Å². The third-order valence-corrected chi connectivity index (χ3v) is 13.1. The fourth-order valence-corrected chi connectivity index (χ4v) is 8.23. The number of anilines is 3. The number of amides is 3. The van der Waals surface area contributed by atoms with Crippen molar-refractivity contribution in [2.45, 2.75) is 84.0 Å². The number of hydrogen-bond acceptors (Lipinski definition) is 15. The van der Waals surface area contributed by atoms with Gasteiger partial charge in [0.05, 0.1) is 70.1 Å². The van der Waals surface area contributed by atoms with Crippen LogP contribution >= 0.6 is 91.7 Å². The molecule has 3 amide bonds. The number of hydrogen-bond donors (Lipinski definition) is 6. The van der Waals surface area contributed by atoms with Gasteiger partial charge in [-0.1, -0.05) is 17.7 Å². The summed E-state index contributed by atoms with van der Waals surface area (Å²) < 4.78 is 55.7. The number of Topliss-reactive ketones (excluding diaryl/α,β-unsaturated/α-hetero) is 1. The Balaban J connectivity index is 0.000000892. The SMILES string of the molecule is CC1(C)C(=O)N(Br)C(=O)N1Br.C[C@@H](N)CC(=O)O.C[C@@H]1CC(=O)Cc2c(F)ccc(Br)c2N1.C[C@H](CC(=O)O)Nc1c(Br)ccc(F)c1[N+](=O)[O-].Nc1cccc(F)c1[N+](=O)[O-].O=[N+]([O-])c1c(Cl)ccc(Br)c1F.[Fe].